The molecule has 0 N–H and O–H groups in total. The molecule has 7 nitrogen and oxygen atoms in total. The van der Waals surface area contributed by atoms with E-state index in [4.69, 9.17) is 14.1 Å². The average molecular weight is 294 g/mol. The first-order valence-electron chi connectivity index (χ1n) is 6.38. The number of hydrogen-bond acceptors (Lipinski definition) is 8. The van der Waals surface area contributed by atoms with Crippen LogP contribution in [0.25, 0.3) is 10.8 Å². The van der Waals surface area contributed by atoms with Crippen molar-refractivity contribution in [3.8, 4) is 10.8 Å². The van der Waals surface area contributed by atoms with Gasteiger partial charge in [-0.25, -0.2) is 4.98 Å². The van der Waals surface area contributed by atoms with Gasteiger partial charge in [-0.1, -0.05) is 10.3 Å². The number of ether oxygens (including phenoxy) is 1. The molecule has 106 valence electrons. The highest BCUT2D eigenvalue weighted by Crippen LogP contribution is 2.29. The summed E-state index contributed by atoms with van der Waals surface area (Å²) in [5.41, 5.74) is 0.715. The molecule has 1 aliphatic rings. The van der Waals surface area contributed by atoms with Crippen LogP contribution in [0, 0.1) is 0 Å². The molecule has 2 aromatic heterocycles. The van der Waals surface area contributed by atoms with Gasteiger partial charge in [0, 0.05) is 13.0 Å². The number of nitrogens with zero attached hydrogens (tertiary/aromatic N) is 4. The maximum Gasteiger partial charge on any atom is 0.270 e. The molecule has 0 aromatic carbocycles. The molecule has 0 aliphatic carbocycles. The van der Waals surface area contributed by atoms with Crippen molar-refractivity contribution < 1.29 is 14.1 Å². The highest BCUT2D eigenvalue weighted by atomic mass is 32.1. The lowest BCUT2D eigenvalue weighted by molar-refractivity contribution is 0.0762. The number of rotatable bonds is 5. The molecular weight excluding hydrogens is 280 g/mol. The van der Waals surface area contributed by atoms with E-state index in [-0.39, 0.29) is 6.10 Å². The van der Waals surface area contributed by atoms with Gasteiger partial charge in [0.1, 0.15) is 28.3 Å². The molecule has 1 atom stereocenters. The summed E-state index contributed by atoms with van der Waals surface area (Å²) in [6, 6.07) is 0. The molecule has 0 bridgehead atoms. The van der Waals surface area contributed by atoms with Gasteiger partial charge in [0.05, 0.1) is 6.20 Å². The summed E-state index contributed by atoms with van der Waals surface area (Å²) in [6.07, 6.45) is 2.39. The van der Waals surface area contributed by atoms with Crippen molar-refractivity contribution in [1.29, 1.82) is 0 Å². The Bertz CT molecular complexity index is 622. The second-order valence-electron chi connectivity index (χ2n) is 4.20. The summed E-state index contributed by atoms with van der Waals surface area (Å²) >= 11 is 1.49. The first-order chi connectivity index (χ1) is 9.78. The Morgan fingerprint density at radius 2 is 2.40 bits per heavy atom. The number of hydrogen-bond donors (Lipinski definition) is 0. The van der Waals surface area contributed by atoms with E-state index in [9.17, 15) is 0 Å². The Balaban J connectivity index is 1.79. The quantitative estimate of drug-likeness (QED) is 0.842. The molecule has 8 heteroatoms. The highest BCUT2D eigenvalue weighted by Gasteiger charge is 2.20. The van der Waals surface area contributed by atoms with Crippen molar-refractivity contribution in [3.63, 3.8) is 0 Å². The van der Waals surface area contributed by atoms with Crippen molar-refractivity contribution in [2.45, 2.75) is 26.4 Å². The van der Waals surface area contributed by atoms with E-state index in [2.05, 4.69) is 20.3 Å². The van der Waals surface area contributed by atoms with Crippen LogP contribution in [0.3, 0.4) is 0 Å². The minimum absolute atomic E-state index is 0.0336. The molecule has 20 heavy (non-hydrogen) atoms. The van der Waals surface area contributed by atoms with Crippen molar-refractivity contribution in [2.24, 2.45) is 5.16 Å². The van der Waals surface area contributed by atoms with Crippen LogP contribution >= 0.6 is 11.3 Å². The topological polar surface area (TPSA) is 82.6 Å². The van der Waals surface area contributed by atoms with Crippen LogP contribution in [-0.2, 0) is 9.57 Å². The van der Waals surface area contributed by atoms with Gasteiger partial charge in [-0.3, -0.25) is 0 Å². The first-order valence-corrected chi connectivity index (χ1v) is 7.20. The number of thiazole rings is 1. The second-order valence-corrected chi connectivity index (χ2v) is 5.27. The standard InChI is InChI=1S/C12H14N4O3S/c1-3-17-7(2)12-13-6-9(20-12)11-14-10(16-19-11)8-4-5-18-15-8/h6-7H,3-5H2,1-2H3. The Labute approximate surface area is 119 Å². The van der Waals surface area contributed by atoms with Crippen molar-refractivity contribution in [3.05, 3.63) is 17.0 Å². The predicted octanol–water partition coefficient (Wildman–Crippen LogP) is 2.42. The summed E-state index contributed by atoms with van der Waals surface area (Å²) < 4.78 is 10.8. The lowest BCUT2D eigenvalue weighted by Gasteiger charge is -2.06. The predicted molar refractivity (Wildman–Crippen MR) is 72.6 cm³/mol. The zero-order valence-corrected chi connectivity index (χ0v) is 12.0. The van der Waals surface area contributed by atoms with Crippen LogP contribution in [-0.4, -0.2) is 34.1 Å². The molecule has 0 radical (unpaired) electrons. The third-order valence-corrected chi connectivity index (χ3v) is 3.93. The molecule has 2 aromatic rings. The normalized spacial score (nSPS) is 16.0. The Morgan fingerprint density at radius 3 is 3.15 bits per heavy atom. The smallest absolute Gasteiger partial charge is 0.270 e. The minimum Gasteiger partial charge on any atom is -0.395 e. The SMILES string of the molecule is CCOC(C)c1ncc(-c2nc(C3=NOCC3)no2)s1. The summed E-state index contributed by atoms with van der Waals surface area (Å²) in [5.74, 6) is 0.923. The van der Waals surface area contributed by atoms with Gasteiger partial charge in [-0.15, -0.1) is 11.3 Å². The van der Waals surface area contributed by atoms with Crippen LogP contribution in [0.1, 0.15) is 37.2 Å². The summed E-state index contributed by atoms with van der Waals surface area (Å²) in [6.45, 7) is 5.14. The fourth-order valence-corrected chi connectivity index (χ4v) is 2.64. The zero-order valence-electron chi connectivity index (χ0n) is 11.2. The van der Waals surface area contributed by atoms with E-state index in [0.717, 1.165) is 9.88 Å². The van der Waals surface area contributed by atoms with Gasteiger partial charge in [0.2, 0.25) is 5.82 Å². The Morgan fingerprint density at radius 1 is 1.50 bits per heavy atom. The lowest BCUT2D eigenvalue weighted by Crippen LogP contribution is -1.99. The maximum absolute atomic E-state index is 5.51. The fraction of sp³-hybridized carbons (Fsp3) is 0.500. The molecule has 0 amide bonds. The van der Waals surface area contributed by atoms with Gasteiger partial charge < -0.3 is 14.1 Å². The van der Waals surface area contributed by atoms with Gasteiger partial charge >= 0.3 is 0 Å². The number of oxime groups is 1. The van der Waals surface area contributed by atoms with E-state index in [0.29, 0.717) is 37.1 Å². The summed E-state index contributed by atoms with van der Waals surface area (Å²) in [5, 5.41) is 8.68. The van der Waals surface area contributed by atoms with Gasteiger partial charge in [0.15, 0.2) is 0 Å². The van der Waals surface area contributed by atoms with Gasteiger partial charge in [-0.05, 0) is 13.8 Å². The second kappa shape index (κ2) is 5.68. The van der Waals surface area contributed by atoms with E-state index >= 15 is 0 Å². The molecule has 0 saturated heterocycles. The molecule has 1 unspecified atom stereocenters. The zero-order chi connectivity index (χ0) is 13.9. The van der Waals surface area contributed by atoms with Crippen molar-refractivity contribution in [1.82, 2.24) is 15.1 Å². The molecule has 3 rings (SSSR count). The largest absolute Gasteiger partial charge is 0.395 e. The van der Waals surface area contributed by atoms with Crippen LogP contribution in [0.4, 0.5) is 0 Å². The van der Waals surface area contributed by atoms with Crippen LogP contribution in [0.15, 0.2) is 15.9 Å². The van der Waals surface area contributed by atoms with E-state index in [1.54, 1.807) is 6.20 Å². The van der Waals surface area contributed by atoms with E-state index in [1.807, 2.05) is 13.8 Å². The van der Waals surface area contributed by atoms with Crippen LogP contribution in [0.2, 0.25) is 0 Å². The first kappa shape index (κ1) is 13.2. The highest BCUT2D eigenvalue weighted by molar-refractivity contribution is 7.15. The number of aromatic nitrogens is 3. The molecule has 0 fully saturated rings. The monoisotopic (exact) mass is 294 g/mol. The van der Waals surface area contributed by atoms with Crippen molar-refractivity contribution >= 4 is 17.0 Å². The lowest BCUT2D eigenvalue weighted by atomic mass is 10.3. The Kier molecular flexibility index (Phi) is 3.75. The summed E-state index contributed by atoms with van der Waals surface area (Å²) in [7, 11) is 0. The third kappa shape index (κ3) is 2.56. The van der Waals surface area contributed by atoms with Gasteiger partial charge in [0.25, 0.3) is 5.89 Å². The molecule has 3 heterocycles. The van der Waals surface area contributed by atoms with Crippen LogP contribution in [0.5, 0.6) is 0 Å². The Hall–Kier alpha value is -1.80. The molecular formula is C12H14N4O3S. The average Bonchev–Trinajstić information content (AvgIpc) is 3.19. The third-order valence-electron chi connectivity index (χ3n) is 2.79. The minimum atomic E-state index is -0.0336. The van der Waals surface area contributed by atoms with E-state index in [1.165, 1.54) is 11.3 Å². The molecule has 0 spiro atoms. The molecule has 1 aliphatic heterocycles. The maximum atomic E-state index is 5.51. The fourth-order valence-electron chi connectivity index (χ4n) is 1.80. The summed E-state index contributed by atoms with van der Waals surface area (Å²) in [4.78, 5) is 14.4. The molecule has 0 saturated carbocycles. The van der Waals surface area contributed by atoms with Crippen molar-refractivity contribution in [2.75, 3.05) is 13.2 Å². The van der Waals surface area contributed by atoms with Gasteiger partial charge in [-0.2, -0.15) is 4.98 Å². The van der Waals surface area contributed by atoms with Crippen LogP contribution < -0.4 is 0 Å². The van der Waals surface area contributed by atoms with E-state index < -0.39 is 0 Å².